The first-order valence-corrected chi connectivity index (χ1v) is 7.89. The molecule has 110 valence electrons. The monoisotopic (exact) mass is 274 g/mol. The van der Waals surface area contributed by atoms with Crippen LogP contribution in [0.5, 0.6) is 5.75 Å². The molecule has 2 saturated carbocycles. The molecular formula is C17H26N2O. The fourth-order valence-corrected chi connectivity index (χ4v) is 3.01. The minimum Gasteiger partial charge on any atom is -0.496 e. The molecule has 0 spiro atoms. The second-order valence-corrected chi connectivity index (χ2v) is 6.33. The average molecular weight is 274 g/mol. The minimum atomic E-state index is 0.298. The highest BCUT2D eigenvalue weighted by atomic mass is 16.5. The molecule has 2 aliphatic carbocycles. The van der Waals surface area contributed by atoms with Gasteiger partial charge in [0, 0.05) is 25.2 Å². The summed E-state index contributed by atoms with van der Waals surface area (Å²) in [5.74, 6) is 2.77. The number of hydrogen-bond acceptors (Lipinski definition) is 3. The highest BCUT2D eigenvalue weighted by Gasteiger charge is 2.33. The van der Waals surface area contributed by atoms with E-state index < -0.39 is 0 Å². The molecule has 1 aromatic rings. The van der Waals surface area contributed by atoms with Gasteiger partial charge in [-0.05, 0) is 43.6 Å². The highest BCUT2D eigenvalue weighted by Crippen LogP contribution is 2.38. The van der Waals surface area contributed by atoms with E-state index in [0.29, 0.717) is 12.6 Å². The van der Waals surface area contributed by atoms with Crippen LogP contribution < -0.4 is 10.5 Å². The predicted octanol–water partition coefficient (Wildman–Crippen LogP) is 2.82. The van der Waals surface area contributed by atoms with Crippen molar-refractivity contribution in [2.75, 3.05) is 26.7 Å². The molecule has 1 aromatic carbocycles. The Labute approximate surface area is 122 Å². The van der Waals surface area contributed by atoms with E-state index in [0.717, 1.165) is 17.6 Å². The lowest BCUT2D eigenvalue weighted by Crippen LogP contribution is -2.37. The number of nitrogens with two attached hydrogens (primary N) is 1. The summed E-state index contributed by atoms with van der Waals surface area (Å²) in [6.45, 7) is 3.08. The minimum absolute atomic E-state index is 0.298. The van der Waals surface area contributed by atoms with Crippen LogP contribution >= 0.6 is 0 Å². The molecule has 2 fully saturated rings. The standard InChI is InChI=1S/C17H26N2O/c1-20-17-5-3-2-4-15(17)16(10-18)19(11-13-6-7-13)12-14-8-9-14/h2-5,13-14,16H,6-12,18H2,1H3. The molecule has 0 saturated heterocycles. The van der Waals surface area contributed by atoms with Gasteiger partial charge in [0.1, 0.15) is 5.75 Å². The molecule has 3 heteroatoms. The number of hydrogen-bond donors (Lipinski definition) is 1. The van der Waals surface area contributed by atoms with Gasteiger partial charge in [-0.2, -0.15) is 0 Å². The van der Waals surface area contributed by atoms with E-state index >= 15 is 0 Å². The van der Waals surface area contributed by atoms with E-state index in [4.69, 9.17) is 10.5 Å². The fourth-order valence-electron chi connectivity index (χ4n) is 3.01. The zero-order chi connectivity index (χ0) is 13.9. The van der Waals surface area contributed by atoms with E-state index in [9.17, 15) is 0 Å². The third-order valence-electron chi connectivity index (χ3n) is 4.54. The number of ether oxygens (including phenoxy) is 1. The molecule has 2 aliphatic rings. The molecule has 3 rings (SSSR count). The zero-order valence-corrected chi connectivity index (χ0v) is 12.4. The lowest BCUT2D eigenvalue weighted by atomic mass is 10.0. The van der Waals surface area contributed by atoms with Crippen molar-refractivity contribution in [1.29, 1.82) is 0 Å². The summed E-state index contributed by atoms with van der Waals surface area (Å²) in [6.07, 6.45) is 5.57. The third-order valence-corrected chi connectivity index (χ3v) is 4.54. The maximum absolute atomic E-state index is 6.12. The fraction of sp³-hybridized carbons (Fsp3) is 0.647. The van der Waals surface area contributed by atoms with Crippen LogP contribution in [-0.4, -0.2) is 31.6 Å². The van der Waals surface area contributed by atoms with Gasteiger partial charge in [0.25, 0.3) is 0 Å². The van der Waals surface area contributed by atoms with E-state index in [2.05, 4.69) is 17.0 Å². The SMILES string of the molecule is COc1ccccc1C(CN)N(CC1CC1)CC1CC1. The summed E-state index contributed by atoms with van der Waals surface area (Å²) < 4.78 is 5.54. The molecule has 3 nitrogen and oxygen atoms in total. The Kier molecular flexibility index (Phi) is 4.27. The highest BCUT2D eigenvalue weighted by molar-refractivity contribution is 5.36. The van der Waals surface area contributed by atoms with Crippen molar-refractivity contribution in [2.24, 2.45) is 17.6 Å². The van der Waals surface area contributed by atoms with Gasteiger partial charge >= 0.3 is 0 Å². The second kappa shape index (κ2) is 6.15. The number of methoxy groups -OCH3 is 1. The van der Waals surface area contributed by atoms with E-state index in [1.807, 2.05) is 12.1 Å². The number of para-hydroxylation sites is 1. The van der Waals surface area contributed by atoms with Gasteiger partial charge in [0.05, 0.1) is 13.2 Å². The first kappa shape index (κ1) is 13.9. The maximum Gasteiger partial charge on any atom is 0.123 e. The van der Waals surface area contributed by atoms with Crippen molar-refractivity contribution < 1.29 is 4.74 Å². The predicted molar refractivity (Wildman–Crippen MR) is 81.8 cm³/mol. The van der Waals surface area contributed by atoms with Crippen LogP contribution in [0.2, 0.25) is 0 Å². The molecular weight excluding hydrogens is 248 g/mol. The van der Waals surface area contributed by atoms with Crippen molar-refractivity contribution in [3.05, 3.63) is 29.8 Å². The van der Waals surface area contributed by atoms with Crippen LogP contribution in [0.25, 0.3) is 0 Å². The van der Waals surface area contributed by atoms with Crippen molar-refractivity contribution in [1.82, 2.24) is 4.90 Å². The Morgan fingerprint density at radius 1 is 1.15 bits per heavy atom. The van der Waals surface area contributed by atoms with Gasteiger partial charge in [-0.3, -0.25) is 4.90 Å². The van der Waals surface area contributed by atoms with Gasteiger partial charge in [0.2, 0.25) is 0 Å². The maximum atomic E-state index is 6.12. The lowest BCUT2D eigenvalue weighted by molar-refractivity contribution is 0.181. The Hall–Kier alpha value is -1.06. The molecule has 0 radical (unpaired) electrons. The molecule has 0 aromatic heterocycles. The third kappa shape index (κ3) is 3.33. The average Bonchev–Trinajstić information content (AvgIpc) is 3.36. The molecule has 1 unspecified atom stereocenters. The van der Waals surface area contributed by atoms with Gasteiger partial charge in [0.15, 0.2) is 0 Å². The summed E-state index contributed by atoms with van der Waals surface area (Å²) in [7, 11) is 1.75. The summed E-state index contributed by atoms with van der Waals surface area (Å²) in [5, 5.41) is 0. The summed E-state index contributed by atoms with van der Waals surface area (Å²) >= 11 is 0. The Morgan fingerprint density at radius 2 is 1.75 bits per heavy atom. The molecule has 1 atom stereocenters. The number of rotatable bonds is 8. The van der Waals surface area contributed by atoms with Crippen molar-refractivity contribution in [3.8, 4) is 5.75 Å². The van der Waals surface area contributed by atoms with Gasteiger partial charge < -0.3 is 10.5 Å². The largest absolute Gasteiger partial charge is 0.496 e. The van der Waals surface area contributed by atoms with Crippen molar-refractivity contribution in [2.45, 2.75) is 31.7 Å². The Bertz CT molecular complexity index is 426. The number of benzene rings is 1. The van der Waals surface area contributed by atoms with Crippen molar-refractivity contribution in [3.63, 3.8) is 0 Å². The van der Waals surface area contributed by atoms with Crippen LogP contribution in [0.1, 0.15) is 37.3 Å². The van der Waals surface area contributed by atoms with Gasteiger partial charge in [-0.25, -0.2) is 0 Å². The Balaban J connectivity index is 1.79. The molecule has 0 heterocycles. The van der Waals surface area contributed by atoms with Crippen LogP contribution in [0.15, 0.2) is 24.3 Å². The topological polar surface area (TPSA) is 38.5 Å². The molecule has 20 heavy (non-hydrogen) atoms. The van der Waals surface area contributed by atoms with Crippen LogP contribution in [0, 0.1) is 11.8 Å². The molecule has 0 bridgehead atoms. The first-order valence-electron chi connectivity index (χ1n) is 7.89. The summed E-state index contributed by atoms with van der Waals surface area (Å²) in [6, 6.07) is 8.63. The summed E-state index contributed by atoms with van der Waals surface area (Å²) in [5.41, 5.74) is 7.37. The van der Waals surface area contributed by atoms with E-state index in [1.165, 1.54) is 44.3 Å². The van der Waals surface area contributed by atoms with Crippen LogP contribution in [0.4, 0.5) is 0 Å². The van der Waals surface area contributed by atoms with E-state index in [1.54, 1.807) is 7.11 Å². The smallest absolute Gasteiger partial charge is 0.123 e. The zero-order valence-electron chi connectivity index (χ0n) is 12.4. The van der Waals surface area contributed by atoms with Crippen LogP contribution in [-0.2, 0) is 0 Å². The normalized spacial score (nSPS) is 20.1. The van der Waals surface area contributed by atoms with Crippen molar-refractivity contribution >= 4 is 0 Å². The molecule has 0 aliphatic heterocycles. The van der Waals surface area contributed by atoms with Crippen LogP contribution in [0.3, 0.4) is 0 Å². The lowest BCUT2D eigenvalue weighted by Gasteiger charge is -2.32. The summed E-state index contributed by atoms with van der Waals surface area (Å²) in [4.78, 5) is 2.62. The molecule has 0 amide bonds. The first-order chi connectivity index (χ1) is 9.81. The molecule has 2 N–H and O–H groups in total. The quantitative estimate of drug-likeness (QED) is 0.792. The van der Waals surface area contributed by atoms with E-state index in [-0.39, 0.29) is 0 Å². The Morgan fingerprint density at radius 3 is 2.25 bits per heavy atom. The number of nitrogens with zero attached hydrogens (tertiary/aromatic N) is 1. The second-order valence-electron chi connectivity index (χ2n) is 6.33. The van der Waals surface area contributed by atoms with Gasteiger partial charge in [-0.15, -0.1) is 0 Å². The van der Waals surface area contributed by atoms with Gasteiger partial charge in [-0.1, -0.05) is 18.2 Å².